The van der Waals surface area contributed by atoms with Crippen LogP contribution >= 0.6 is 0 Å². The predicted octanol–water partition coefficient (Wildman–Crippen LogP) is 1.28. The van der Waals surface area contributed by atoms with Crippen LogP contribution in [-0.2, 0) is 16.1 Å². The molecular weight excluding hydrogens is 276 g/mol. The van der Waals surface area contributed by atoms with Crippen molar-refractivity contribution in [1.82, 2.24) is 10.0 Å². The number of carbonyl (C=O) groups is 3. The number of oxazole rings is 1. The fourth-order valence-electron chi connectivity index (χ4n) is 2.01. The summed E-state index contributed by atoms with van der Waals surface area (Å²) >= 11 is 0. The molecule has 2 amide bonds. The quantitative estimate of drug-likeness (QED) is 0.789. The minimum Gasteiger partial charge on any atom is -0.445 e. The van der Waals surface area contributed by atoms with Crippen LogP contribution in [0.4, 0.5) is 0 Å². The molecule has 3 rings (SSSR count). The summed E-state index contributed by atoms with van der Waals surface area (Å²) in [4.78, 5) is 44.4. The molecule has 106 valence electrons. The smallest absolute Gasteiger partial charge is 0.340 e. The Morgan fingerprint density at radius 1 is 1.24 bits per heavy atom. The lowest BCUT2D eigenvalue weighted by molar-refractivity contribution is -0.167. The van der Waals surface area contributed by atoms with Crippen molar-refractivity contribution >= 4 is 17.8 Å². The molecular formula is C14H10N2O5. The van der Waals surface area contributed by atoms with E-state index in [1.807, 2.05) is 0 Å². The van der Waals surface area contributed by atoms with E-state index in [2.05, 4.69) is 4.98 Å². The first-order valence-corrected chi connectivity index (χ1v) is 6.16. The summed E-state index contributed by atoms with van der Waals surface area (Å²) in [5.41, 5.74) is 0.427. The summed E-state index contributed by atoms with van der Waals surface area (Å²) in [6.07, 6.45) is 1.17. The third-order valence-electron chi connectivity index (χ3n) is 2.94. The van der Waals surface area contributed by atoms with E-state index in [1.54, 1.807) is 19.1 Å². The van der Waals surface area contributed by atoms with Crippen LogP contribution in [0.15, 0.2) is 34.9 Å². The number of fused-ring (bicyclic) bond motifs is 1. The molecule has 2 heterocycles. The molecule has 21 heavy (non-hydrogen) atoms. The van der Waals surface area contributed by atoms with Crippen LogP contribution in [-0.4, -0.2) is 27.8 Å². The van der Waals surface area contributed by atoms with Gasteiger partial charge in [-0.1, -0.05) is 17.2 Å². The minimum atomic E-state index is -0.777. The zero-order chi connectivity index (χ0) is 15.0. The summed E-state index contributed by atoms with van der Waals surface area (Å²) in [7, 11) is 0. The molecule has 0 unspecified atom stereocenters. The van der Waals surface area contributed by atoms with Crippen molar-refractivity contribution in [2.75, 3.05) is 0 Å². The number of hydroxylamine groups is 2. The Bertz CT molecular complexity index is 714. The van der Waals surface area contributed by atoms with E-state index in [0.717, 1.165) is 0 Å². The standard InChI is InChI=1S/C14H10N2O5/c1-8-15-7-9(20-8)6-12(17)21-16-13(18)10-4-2-3-5-11(10)14(16)19/h2-5,7H,6H2,1H3. The summed E-state index contributed by atoms with van der Waals surface area (Å²) in [5, 5.41) is 0.468. The number of imide groups is 1. The number of rotatable bonds is 3. The van der Waals surface area contributed by atoms with Gasteiger partial charge in [0.05, 0.1) is 17.3 Å². The summed E-state index contributed by atoms with van der Waals surface area (Å²) in [5.74, 6) is -1.37. The Balaban J connectivity index is 1.73. The van der Waals surface area contributed by atoms with Gasteiger partial charge in [-0.2, -0.15) is 0 Å². The number of carbonyl (C=O) groups excluding carboxylic acids is 3. The van der Waals surface area contributed by atoms with Gasteiger partial charge in [-0.3, -0.25) is 9.59 Å². The molecule has 0 N–H and O–H groups in total. The fraction of sp³-hybridized carbons (Fsp3) is 0.143. The molecule has 0 atom stereocenters. The van der Waals surface area contributed by atoms with Crippen LogP contribution in [0.25, 0.3) is 0 Å². The van der Waals surface area contributed by atoms with Gasteiger partial charge in [0.1, 0.15) is 12.2 Å². The maximum Gasteiger partial charge on any atom is 0.340 e. The van der Waals surface area contributed by atoms with Gasteiger partial charge in [0, 0.05) is 6.92 Å². The lowest BCUT2D eigenvalue weighted by Gasteiger charge is -2.11. The molecule has 0 radical (unpaired) electrons. The third kappa shape index (κ3) is 2.29. The Hall–Kier alpha value is -2.96. The van der Waals surface area contributed by atoms with E-state index < -0.39 is 17.8 Å². The highest BCUT2D eigenvalue weighted by molar-refractivity contribution is 6.20. The van der Waals surface area contributed by atoms with Crippen molar-refractivity contribution < 1.29 is 23.6 Å². The third-order valence-corrected chi connectivity index (χ3v) is 2.94. The fourth-order valence-corrected chi connectivity index (χ4v) is 2.01. The number of hydrogen-bond donors (Lipinski definition) is 0. The van der Waals surface area contributed by atoms with Crippen molar-refractivity contribution in [3.05, 3.63) is 53.2 Å². The molecule has 0 bridgehead atoms. The Kier molecular flexibility index (Phi) is 3.02. The van der Waals surface area contributed by atoms with Gasteiger partial charge in [0.15, 0.2) is 5.89 Å². The molecule has 1 aliphatic rings. The van der Waals surface area contributed by atoms with E-state index in [1.165, 1.54) is 18.3 Å². The average molecular weight is 286 g/mol. The van der Waals surface area contributed by atoms with E-state index in [-0.39, 0.29) is 17.5 Å². The molecule has 2 aromatic rings. The molecule has 0 saturated carbocycles. The van der Waals surface area contributed by atoms with Gasteiger partial charge in [-0.25, -0.2) is 9.78 Å². The largest absolute Gasteiger partial charge is 0.445 e. The first-order valence-electron chi connectivity index (χ1n) is 6.16. The van der Waals surface area contributed by atoms with Crippen LogP contribution in [0.2, 0.25) is 0 Å². The van der Waals surface area contributed by atoms with Crippen molar-refractivity contribution in [3.8, 4) is 0 Å². The molecule has 0 saturated heterocycles. The topological polar surface area (TPSA) is 89.7 Å². The predicted molar refractivity (Wildman–Crippen MR) is 68.0 cm³/mol. The van der Waals surface area contributed by atoms with Crippen LogP contribution in [0.1, 0.15) is 32.4 Å². The number of aromatic nitrogens is 1. The first kappa shape index (κ1) is 13.0. The van der Waals surface area contributed by atoms with Crippen LogP contribution in [0.5, 0.6) is 0 Å². The Morgan fingerprint density at radius 2 is 1.86 bits per heavy atom. The van der Waals surface area contributed by atoms with E-state index in [4.69, 9.17) is 9.25 Å². The molecule has 7 heteroatoms. The van der Waals surface area contributed by atoms with Gasteiger partial charge in [0.25, 0.3) is 11.8 Å². The second-order valence-electron chi connectivity index (χ2n) is 4.44. The van der Waals surface area contributed by atoms with Gasteiger partial charge >= 0.3 is 5.97 Å². The van der Waals surface area contributed by atoms with E-state index >= 15 is 0 Å². The van der Waals surface area contributed by atoms with E-state index in [0.29, 0.717) is 16.7 Å². The molecule has 1 aromatic carbocycles. The molecule has 0 aliphatic carbocycles. The highest BCUT2D eigenvalue weighted by atomic mass is 16.7. The summed E-state index contributed by atoms with van der Waals surface area (Å²) < 4.78 is 5.13. The number of aryl methyl sites for hydroxylation is 1. The van der Waals surface area contributed by atoms with Crippen LogP contribution in [0, 0.1) is 6.92 Å². The molecule has 0 fully saturated rings. The molecule has 1 aromatic heterocycles. The zero-order valence-electron chi connectivity index (χ0n) is 11.0. The van der Waals surface area contributed by atoms with Crippen molar-refractivity contribution in [2.45, 2.75) is 13.3 Å². The van der Waals surface area contributed by atoms with Crippen molar-refractivity contribution in [1.29, 1.82) is 0 Å². The lowest BCUT2D eigenvalue weighted by atomic mass is 10.1. The first-order chi connectivity index (χ1) is 10.1. The highest BCUT2D eigenvalue weighted by Crippen LogP contribution is 2.22. The SMILES string of the molecule is Cc1ncc(CC(=O)ON2C(=O)c3ccccc3C2=O)o1. The molecule has 1 aliphatic heterocycles. The number of amides is 2. The zero-order valence-corrected chi connectivity index (χ0v) is 11.0. The molecule has 0 spiro atoms. The van der Waals surface area contributed by atoms with Gasteiger partial charge < -0.3 is 9.25 Å². The number of benzene rings is 1. The van der Waals surface area contributed by atoms with Crippen LogP contribution < -0.4 is 0 Å². The maximum absolute atomic E-state index is 12.0. The normalized spacial score (nSPS) is 13.5. The summed E-state index contributed by atoms with van der Waals surface area (Å²) in [6.45, 7) is 1.64. The second-order valence-corrected chi connectivity index (χ2v) is 4.44. The minimum absolute atomic E-state index is 0.214. The van der Waals surface area contributed by atoms with E-state index in [9.17, 15) is 14.4 Å². The Morgan fingerprint density at radius 3 is 2.38 bits per heavy atom. The second kappa shape index (κ2) is 4.86. The number of nitrogens with zero attached hydrogens (tertiary/aromatic N) is 2. The number of hydrogen-bond acceptors (Lipinski definition) is 6. The summed E-state index contributed by atoms with van der Waals surface area (Å²) in [6, 6.07) is 6.27. The lowest BCUT2D eigenvalue weighted by Crippen LogP contribution is -2.33. The maximum atomic E-state index is 12.0. The molecule has 7 nitrogen and oxygen atoms in total. The average Bonchev–Trinajstić information content (AvgIpc) is 2.97. The van der Waals surface area contributed by atoms with Crippen LogP contribution in [0.3, 0.4) is 0 Å². The van der Waals surface area contributed by atoms with Gasteiger partial charge in [0.2, 0.25) is 0 Å². The van der Waals surface area contributed by atoms with Gasteiger partial charge in [-0.15, -0.1) is 0 Å². The Labute approximate surface area is 119 Å². The monoisotopic (exact) mass is 286 g/mol. The van der Waals surface area contributed by atoms with Crippen molar-refractivity contribution in [3.63, 3.8) is 0 Å². The van der Waals surface area contributed by atoms with Crippen molar-refractivity contribution in [2.24, 2.45) is 0 Å². The highest BCUT2D eigenvalue weighted by Gasteiger charge is 2.38. The van der Waals surface area contributed by atoms with Gasteiger partial charge in [-0.05, 0) is 12.1 Å².